The van der Waals surface area contributed by atoms with E-state index in [-0.39, 0.29) is 63.7 Å². The smallest absolute Gasteiger partial charge is 0.407 e. The fourth-order valence-corrected chi connectivity index (χ4v) is 12.8. The second-order valence-corrected chi connectivity index (χ2v) is 27.7. The molecule has 3 saturated carbocycles. The van der Waals surface area contributed by atoms with Crippen LogP contribution in [0.3, 0.4) is 0 Å². The maximum atomic E-state index is 14.6. The van der Waals surface area contributed by atoms with Crippen molar-refractivity contribution in [3.63, 3.8) is 0 Å². The van der Waals surface area contributed by atoms with E-state index in [1.807, 2.05) is 41.5 Å². The number of fused-ring (bicyclic) bond motifs is 10. The van der Waals surface area contributed by atoms with Gasteiger partial charge in [0.05, 0.1) is 58.0 Å². The number of hydrogen-bond donors (Lipinski definition) is 7. The molecule has 0 unspecified atom stereocenters. The molecule has 4 bridgehead atoms. The number of rotatable bonds is 9. The Hall–Kier alpha value is -8.34. The van der Waals surface area contributed by atoms with Gasteiger partial charge in [-0.25, -0.2) is 65.1 Å². The number of nitrogens with one attached hydrogen (secondary N) is 6. The zero-order valence-corrected chi connectivity index (χ0v) is 51.4. The summed E-state index contributed by atoms with van der Waals surface area (Å²) in [6, 6.07) is 5.96. The third kappa shape index (κ3) is 14.5. The summed E-state index contributed by atoms with van der Waals surface area (Å²) in [5, 5.41) is 21.1. The first-order valence-corrected chi connectivity index (χ1v) is 31.6. The number of amides is 2. The van der Waals surface area contributed by atoms with E-state index in [1.54, 1.807) is 40.3 Å². The monoisotopic (exact) mass is 1230 g/mol. The molecule has 1 aliphatic heterocycles. The number of anilines is 3. The van der Waals surface area contributed by atoms with Crippen LogP contribution in [-0.2, 0) is 29.1 Å². The van der Waals surface area contributed by atoms with Gasteiger partial charge in [0.25, 0.3) is 0 Å². The Morgan fingerprint density at radius 3 is 1.64 bits per heavy atom. The Kier molecular flexibility index (Phi) is 17.5. The molecule has 2 amide bonds. The lowest BCUT2D eigenvalue weighted by Crippen LogP contribution is -2.47. The van der Waals surface area contributed by atoms with Gasteiger partial charge in [-0.2, -0.15) is 9.97 Å². The number of sulfone groups is 2. The maximum absolute atomic E-state index is 14.6. The number of halogens is 2. The SMILES string of the molecule is CC(C)(C)OC(=O)N[C@@H]1C[C@@H]2CC[C@H]1C2.CNc1cc(F)cc2c1[nH]c1nc(Oc3cnc(C)nc3)nc(N3C[C@H]4C[C@@H]3C[C@H]4NC(=O)OC(C)(C)C)c12.CNc1cc(F)cc2c1[nH]c1nc(S(C)(=O)=O)nc(S(C)(=O)=O)c12.Cc1ncc(O)cn1. The molecule has 4 fully saturated rings. The van der Waals surface area contributed by atoms with Crippen molar-refractivity contribution in [2.24, 2.45) is 17.8 Å². The van der Waals surface area contributed by atoms with Crippen molar-refractivity contribution in [3.8, 4) is 17.5 Å². The number of ether oxygens (including phenoxy) is 3. The largest absolute Gasteiger partial charge is 0.505 e. The number of benzene rings is 2. The fraction of sp³-hybridized carbons (Fsp3) is 0.474. The van der Waals surface area contributed by atoms with Crippen molar-refractivity contribution < 1.29 is 54.5 Å². The number of nitrogens with zero attached hydrogens (tertiary/aromatic N) is 9. The summed E-state index contributed by atoms with van der Waals surface area (Å²) in [6.07, 6.45) is 13.7. The van der Waals surface area contributed by atoms with Crippen LogP contribution in [0.25, 0.3) is 43.9 Å². The first kappa shape index (κ1) is 62.2. The predicted octanol–water partition coefficient (Wildman–Crippen LogP) is 8.96. The summed E-state index contributed by atoms with van der Waals surface area (Å²) in [4.78, 5) is 65.2. The lowest BCUT2D eigenvalue weighted by molar-refractivity contribution is 0.0477. The highest BCUT2D eigenvalue weighted by molar-refractivity contribution is 7.91. The van der Waals surface area contributed by atoms with Gasteiger partial charge in [-0.3, -0.25) is 0 Å². The molecule has 4 aliphatic rings. The standard InChI is InChI=1S/C27H31FN8O3.C13H13FN4O4S2.C12H21NO2.C5H6N2O/c1-13-30-10-17(11-31-13)38-25-34-23-21(18-7-15(28)8-20(29-5)22(18)33-23)24(35-25)36-12-14-6-16(36)9-19(14)32-26(37)39-27(2,3)4;1-15-8-5-6(14)4-7-9-11(16-10(7)8)17-13(24(3,21)22)18-12(9)23(2,19)20;1-12(2,3)15-11(14)13-10-7-8-4-5-9(10)6-8;1-4-6-2-5(8)3-7-4/h7-8,10-11,14,16,19,29H,6,9,12H2,1-5H3,(H,32,37)(H,33,34,35);4-5,15H,1-3H3,(H,16,17,18);8-10H,4-7H2,1-3H3,(H,13,14);2-3,8H,1H3/t14-,16-,19-;;8-,9+,10-;/m1.1./s1. The number of carbonyl (C=O) groups excluding carboxylic acids is 2. The molecular formula is C57H71F2N15O10S2. The molecule has 3 aliphatic carbocycles. The van der Waals surface area contributed by atoms with E-state index in [0.717, 1.165) is 54.7 Å². The molecule has 25 nitrogen and oxygen atoms in total. The number of aromatic hydroxyl groups is 1. The Labute approximate surface area is 495 Å². The van der Waals surface area contributed by atoms with E-state index < -0.39 is 47.4 Å². The number of aromatic amines is 2. The van der Waals surface area contributed by atoms with E-state index in [9.17, 15) is 35.2 Å². The molecule has 6 atom stereocenters. The zero-order valence-electron chi connectivity index (χ0n) is 49.8. The van der Waals surface area contributed by atoms with E-state index in [2.05, 4.69) is 71.0 Å². The molecule has 7 heterocycles. The minimum absolute atomic E-state index is 0.00273. The summed E-state index contributed by atoms with van der Waals surface area (Å²) in [5.41, 5.74) is 1.72. The number of piperidine rings is 1. The molecule has 86 heavy (non-hydrogen) atoms. The number of alkyl carbamates (subject to hydrolysis) is 2. The first-order valence-electron chi connectivity index (χ1n) is 27.8. The zero-order chi connectivity index (χ0) is 62.4. The maximum Gasteiger partial charge on any atom is 0.407 e. The molecule has 0 spiro atoms. The molecule has 29 heteroatoms. The average Bonchev–Trinajstić information content (AvgIpc) is 1.61. The van der Waals surface area contributed by atoms with Crippen LogP contribution in [0.5, 0.6) is 17.5 Å². The molecular weight excluding hydrogens is 1160 g/mol. The molecule has 2 aromatic carbocycles. The number of aromatic nitrogens is 10. The summed E-state index contributed by atoms with van der Waals surface area (Å²) in [5.74, 6) is 3.31. The highest BCUT2D eigenvalue weighted by Crippen LogP contribution is 2.46. The number of carbonyl (C=O) groups is 2. The molecule has 6 aromatic heterocycles. The topological polar surface area (TPSA) is 336 Å². The summed E-state index contributed by atoms with van der Waals surface area (Å²) < 4.78 is 92.9. The minimum atomic E-state index is -3.88. The van der Waals surface area contributed by atoms with Crippen molar-refractivity contribution in [2.45, 2.75) is 133 Å². The highest BCUT2D eigenvalue weighted by atomic mass is 32.2. The van der Waals surface area contributed by atoms with Gasteiger partial charge < -0.3 is 55.5 Å². The Bertz CT molecular complexity index is 4060. The van der Waals surface area contributed by atoms with Crippen molar-refractivity contribution in [3.05, 3.63) is 72.3 Å². The lowest BCUT2D eigenvalue weighted by Gasteiger charge is -2.33. The first-order chi connectivity index (χ1) is 40.3. The van der Waals surface area contributed by atoms with E-state index in [1.165, 1.54) is 49.9 Å². The van der Waals surface area contributed by atoms with Crippen LogP contribution < -0.4 is 30.9 Å². The lowest BCUT2D eigenvalue weighted by atomic mass is 9.96. The van der Waals surface area contributed by atoms with E-state index in [0.29, 0.717) is 69.6 Å². The molecule has 7 N–H and O–H groups in total. The molecule has 460 valence electrons. The number of H-pyrrole nitrogens is 2. The predicted molar refractivity (Wildman–Crippen MR) is 319 cm³/mol. The van der Waals surface area contributed by atoms with Crippen LogP contribution in [0, 0.1) is 43.2 Å². The van der Waals surface area contributed by atoms with Crippen LogP contribution in [-0.4, -0.2) is 146 Å². The minimum Gasteiger partial charge on any atom is -0.505 e. The third-order valence-electron chi connectivity index (χ3n) is 14.9. The average molecular weight is 1230 g/mol. The van der Waals surface area contributed by atoms with E-state index >= 15 is 0 Å². The second kappa shape index (κ2) is 24.2. The number of aryl methyl sites for hydroxylation is 2. The molecule has 12 rings (SSSR count). The quantitative estimate of drug-likeness (QED) is 0.0523. The van der Waals surface area contributed by atoms with Crippen LogP contribution in [0.2, 0.25) is 0 Å². The highest BCUT2D eigenvalue weighted by Gasteiger charge is 2.47. The molecule has 8 aromatic rings. The molecule has 0 radical (unpaired) electrons. The Balaban J connectivity index is 0.000000158. The van der Waals surface area contributed by atoms with Crippen molar-refractivity contribution >= 4 is 92.9 Å². The third-order valence-corrected chi connectivity index (χ3v) is 16.7. The Morgan fingerprint density at radius 1 is 0.663 bits per heavy atom. The van der Waals surface area contributed by atoms with Crippen molar-refractivity contribution in [1.29, 1.82) is 0 Å². The summed E-state index contributed by atoms with van der Waals surface area (Å²) in [7, 11) is -4.40. The van der Waals surface area contributed by atoms with Crippen LogP contribution in [0.4, 0.5) is 35.6 Å². The van der Waals surface area contributed by atoms with Gasteiger partial charge in [-0.15, -0.1) is 0 Å². The van der Waals surface area contributed by atoms with Gasteiger partial charge in [0.2, 0.25) is 15.0 Å². The van der Waals surface area contributed by atoms with Crippen LogP contribution in [0.15, 0.2) is 59.2 Å². The van der Waals surface area contributed by atoms with Crippen LogP contribution in [0.1, 0.15) is 91.7 Å². The Morgan fingerprint density at radius 2 is 1.19 bits per heavy atom. The normalized spacial score (nSPS) is 19.7. The fourth-order valence-electron chi connectivity index (χ4n) is 11.4. The van der Waals surface area contributed by atoms with Gasteiger partial charge in [0, 0.05) is 62.0 Å². The van der Waals surface area contributed by atoms with Gasteiger partial charge in [-0.1, -0.05) is 6.42 Å². The molecule has 1 saturated heterocycles. The number of hydrogen-bond acceptors (Lipinski definition) is 21. The van der Waals surface area contributed by atoms with Crippen LogP contribution >= 0.6 is 0 Å². The van der Waals surface area contributed by atoms with E-state index in [4.69, 9.17) is 24.3 Å². The summed E-state index contributed by atoms with van der Waals surface area (Å²) >= 11 is 0. The van der Waals surface area contributed by atoms with Gasteiger partial charge in [0.15, 0.2) is 26.4 Å². The van der Waals surface area contributed by atoms with Gasteiger partial charge in [0.1, 0.15) is 51.6 Å². The second-order valence-electron chi connectivity index (χ2n) is 23.9. The van der Waals surface area contributed by atoms with Gasteiger partial charge >= 0.3 is 18.2 Å². The van der Waals surface area contributed by atoms with Crippen molar-refractivity contribution in [1.82, 2.24) is 60.5 Å². The van der Waals surface area contributed by atoms with Crippen molar-refractivity contribution in [2.75, 3.05) is 48.7 Å². The summed E-state index contributed by atoms with van der Waals surface area (Å²) in [6.45, 7) is 15.5. The van der Waals surface area contributed by atoms with Gasteiger partial charge in [-0.05, 0) is 130 Å².